The molecular weight excluding hydrogens is 263 g/mol. The van der Waals surface area contributed by atoms with Crippen LogP contribution in [-0.4, -0.2) is 19.6 Å². The van der Waals surface area contributed by atoms with Gasteiger partial charge >= 0.3 is 0 Å². The van der Waals surface area contributed by atoms with Gasteiger partial charge in [-0.1, -0.05) is 26.8 Å². The highest BCUT2D eigenvalue weighted by atomic mass is 19.1. The van der Waals surface area contributed by atoms with Crippen LogP contribution in [0.15, 0.2) is 18.2 Å². The maximum atomic E-state index is 14.4. The number of halogens is 1. The summed E-state index contributed by atoms with van der Waals surface area (Å²) in [5.74, 6) is -0.0993. The van der Waals surface area contributed by atoms with E-state index in [1.165, 1.54) is 12.8 Å². The zero-order valence-electron chi connectivity index (χ0n) is 13.9. The van der Waals surface area contributed by atoms with Crippen LogP contribution in [0.4, 0.5) is 10.1 Å². The molecule has 1 aromatic rings. The Bertz CT molecular complexity index is 460. The van der Waals surface area contributed by atoms with Crippen molar-refractivity contribution in [3.05, 3.63) is 29.6 Å². The number of nitrogens with one attached hydrogen (secondary N) is 1. The fraction of sp³-hybridized carbons (Fsp3) is 0.667. The minimum absolute atomic E-state index is 0.0993. The average molecular weight is 292 g/mol. The first-order valence-corrected chi connectivity index (χ1v) is 8.15. The molecule has 0 atom stereocenters. The Labute approximate surface area is 128 Å². The van der Waals surface area contributed by atoms with Crippen molar-refractivity contribution in [3.63, 3.8) is 0 Å². The van der Waals surface area contributed by atoms with Crippen molar-refractivity contribution >= 4 is 5.69 Å². The van der Waals surface area contributed by atoms with E-state index in [-0.39, 0.29) is 5.82 Å². The van der Waals surface area contributed by atoms with Crippen molar-refractivity contribution in [1.82, 2.24) is 5.32 Å². The van der Waals surface area contributed by atoms with Gasteiger partial charge in [0.15, 0.2) is 0 Å². The van der Waals surface area contributed by atoms with Gasteiger partial charge in [-0.2, -0.15) is 0 Å². The molecule has 0 bridgehead atoms. The molecule has 1 aliphatic carbocycles. The molecule has 2 nitrogen and oxygen atoms in total. The number of benzene rings is 1. The zero-order valence-corrected chi connectivity index (χ0v) is 13.9. The van der Waals surface area contributed by atoms with Gasteiger partial charge in [0.25, 0.3) is 0 Å². The van der Waals surface area contributed by atoms with Crippen LogP contribution in [0.2, 0.25) is 0 Å². The number of rotatable bonds is 5. The maximum Gasteiger partial charge on any atom is 0.146 e. The molecule has 1 aliphatic rings. The minimum atomic E-state index is -0.0993. The molecule has 3 heteroatoms. The Balaban J connectivity index is 2.04. The Hall–Kier alpha value is -1.09. The summed E-state index contributed by atoms with van der Waals surface area (Å²) < 4.78 is 14.4. The van der Waals surface area contributed by atoms with Gasteiger partial charge in [0.2, 0.25) is 0 Å². The van der Waals surface area contributed by atoms with Crippen molar-refractivity contribution in [2.24, 2.45) is 5.41 Å². The number of hydrogen-bond acceptors (Lipinski definition) is 2. The number of anilines is 1. The van der Waals surface area contributed by atoms with Gasteiger partial charge in [-0.3, -0.25) is 0 Å². The molecule has 0 spiro atoms. The van der Waals surface area contributed by atoms with E-state index < -0.39 is 0 Å². The van der Waals surface area contributed by atoms with Crippen LogP contribution in [0.25, 0.3) is 0 Å². The summed E-state index contributed by atoms with van der Waals surface area (Å²) in [5.41, 5.74) is 2.20. The number of nitrogens with zero attached hydrogens (tertiary/aromatic N) is 1. The van der Waals surface area contributed by atoms with Gasteiger partial charge in [0, 0.05) is 19.6 Å². The predicted octanol–water partition coefficient (Wildman–Crippen LogP) is 4.34. The van der Waals surface area contributed by atoms with E-state index in [0.29, 0.717) is 11.5 Å². The van der Waals surface area contributed by atoms with Crippen LogP contribution >= 0.6 is 0 Å². The van der Waals surface area contributed by atoms with Gasteiger partial charge in [-0.15, -0.1) is 0 Å². The Morgan fingerprint density at radius 1 is 1.29 bits per heavy atom. The average Bonchev–Trinajstić information content (AvgIpc) is 2.44. The zero-order chi connectivity index (χ0) is 15.5. The van der Waals surface area contributed by atoms with Crippen LogP contribution in [0, 0.1) is 11.2 Å². The monoisotopic (exact) mass is 292 g/mol. The molecule has 1 aromatic carbocycles. The molecule has 1 saturated carbocycles. The predicted molar refractivity (Wildman–Crippen MR) is 88.2 cm³/mol. The fourth-order valence-corrected chi connectivity index (χ4v) is 3.18. The molecule has 1 N–H and O–H groups in total. The van der Waals surface area contributed by atoms with E-state index in [1.54, 1.807) is 6.07 Å². The maximum absolute atomic E-state index is 14.4. The van der Waals surface area contributed by atoms with Crippen molar-refractivity contribution in [1.29, 1.82) is 0 Å². The molecule has 21 heavy (non-hydrogen) atoms. The van der Waals surface area contributed by atoms with Crippen molar-refractivity contribution in [2.45, 2.75) is 59.0 Å². The lowest BCUT2D eigenvalue weighted by Crippen LogP contribution is -2.37. The van der Waals surface area contributed by atoms with Crippen molar-refractivity contribution < 1.29 is 4.39 Å². The Kier molecular flexibility index (Phi) is 5.26. The summed E-state index contributed by atoms with van der Waals surface area (Å²) >= 11 is 0. The molecule has 118 valence electrons. The molecule has 0 unspecified atom stereocenters. The topological polar surface area (TPSA) is 15.3 Å². The van der Waals surface area contributed by atoms with E-state index in [1.807, 2.05) is 19.2 Å². The highest BCUT2D eigenvalue weighted by molar-refractivity contribution is 5.49. The fourth-order valence-electron chi connectivity index (χ4n) is 3.18. The third kappa shape index (κ3) is 4.19. The summed E-state index contributed by atoms with van der Waals surface area (Å²) in [4.78, 5) is 2.14. The van der Waals surface area contributed by atoms with Gasteiger partial charge in [0.05, 0.1) is 5.69 Å². The summed E-state index contributed by atoms with van der Waals surface area (Å²) in [6.07, 6.45) is 4.76. The molecular formula is C18H29FN2. The second-order valence-electron chi connectivity index (χ2n) is 7.07. The van der Waals surface area contributed by atoms with Crippen LogP contribution < -0.4 is 10.2 Å². The van der Waals surface area contributed by atoms with E-state index in [4.69, 9.17) is 0 Å². The Morgan fingerprint density at radius 2 is 1.95 bits per heavy atom. The van der Waals surface area contributed by atoms with E-state index in [2.05, 4.69) is 31.0 Å². The van der Waals surface area contributed by atoms with Gasteiger partial charge in [0.1, 0.15) is 5.82 Å². The highest BCUT2D eigenvalue weighted by Gasteiger charge is 2.29. The first-order valence-electron chi connectivity index (χ1n) is 8.15. The SMILES string of the molecule is CCNCc1ccc(N(C)C2CCC(C)(C)CC2)c(F)c1. The largest absolute Gasteiger partial charge is 0.369 e. The lowest BCUT2D eigenvalue weighted by atomic mass is 9.75. The number of hydrogen-bond donors (Lipinski definition) is 1. The molecule has 2 rings (SSSR count). The lowest BCUT2D eigenvalue weighted by molar-refractivity contribution is 0.222. The molecule has 0 aliphatic heterocycles. The van der Waals surface area contributed by atoms with E-state index in [9.17, 15) is 4.39 Å². The molecule has 0 heterocycles. The van der Waals surface area contributed by atoms with E-state index in [0.717, 1.165) is 37.2 Å². The Morgan fingerprint density at radius 3 is 2.52 bits per heavy atom. The summed E-state index contributed by atoms with van der Waals surface area (Å²) in [6, 6.07) is 6.10. The van der Waals surface area contributed by atoms with Gasteiger partial charge < -0.3 is 10.2 Å². The highest BCUT2D eigenvalue weighted by Crippen LogP contribution is 2.38. The third-order valence-electron chi connectivity index (χ3n) is 4.83. The summed E-state index contributed by atoms with van der Waals surface area (Å²) in [5, 5.41) is 3.23. The van der Waals surface area contributed by atoms with Crippen molar-refractivity contribution in [2.75, 3.05) is 18.5 Å². The van der Waals surface area contributed by atoms with Crippen LogP contribution in [-0.2, 0) is 6.54 Å². The first-order chi connectivity index (χ1) is 9.93. The normalized spacial score (nSPS) is 18.7. The first kappa shape index (κ1) is 16.3. The lowest BCUT2D eigenvalue weighted by Gasteiger charge is -2.39. The summed E-state index contributed by atoms with van der Waals surface area (Å²) in [6.45, 7) is 8.36. The second kappa shape index (κ2) is 6.78. The molecule has 0 amide bonds. The molecule has 1 fully saturated rings. The molecule has 0 saturated heterocycles. The van der Waals surface area contributed by atoms with Crippen molar-refractivity contribution in [3.8, 4) is 0 Å². The van der Waals surface area contributed by atoms with Crippen LogP contribution in [0.3, 0.4) is 0 Å². The summed E-state index contributed by atoms with van der Waals surface area (Å²) in [7, 11) is 2.03. The standard InChI is InChI=1S/C18H29FN2/c1-5-20-13-14-6-7-17(16(19)12-14)21(4)15-8-10-18(2,3)11-9-15/h6-7,12,15,20H,5,8-11,13H2,1-4H3. The van der Waals surface area contributed by atoms with Crippen LogP contribution in [0.5, 0.6) is 0 Å². The second-order valence-corrected chi connectivity index (χ2v) is 7.07. The quantitative estimate of drug-likeness (QED) is 0.868. The molecule has 0 radical (unpaired) electrons. The smallest absolute Gasteiger partial charge is 0.146 e. The molecule has 0 aromatic heterocycles. The van der Waals surface area contributed by atoms with Crippen LogP contribution in [0.1, 0.15) is 52.0 Å². The van der Waals surface area contributed by atoms with Gasteiger partial charge in [-0.25, -0.2) is 4.39 Å². The van der Waals surface area contributed by atoms with E-state index >= 15 is 0 Å². The minimum Gasteiger partial charge on any atom is -0.369 e. The van der Waals surface area contributed by atoms with Gasteiger partial charge in [-0.05, 0) is 55.3 Å². The third-order valence-corrected chi connectivity index (χ3v) is 4.83.